The molecule has 0 aromatic heterocycles. The van der Waals surface area contributed by atoms with Crippen LogP contribution in [0.1, 0.15) is 84.0 Å². The highest BCUT2D eigenvalue weighted by molar-refractivity contribution is 5.66. The molecule has 0 aromatic rings. The van der Waals surface area contributed by atoms with Gasteiger partial charge in [0.1, 0.15) is 0 Å². The van der Waals surface area contributed by atoms with Gasteiger partial charge in [-0.3, -0.25) is 4.79 Å². The molecule has 0 aromatic carbocycles. The first kappa shape index (κ1) is 20.7. The molecule has 0 aliphatic carbocycles. The van der Waals surface area contributed by atoms with Crippen molar-refractivity contribution in [3.05, 3.63) is 36.5 Å². The monoisotopic (exact) mass is 306 g/mol. The van der Waals surface area contributed by atoms with Gasteiger partial charge in [0.15, 0.2) is 0 Å². The molecule has 0 spiro atoms. The first-order valence-electron chi connectivity index (χ1n) is 8.95. The second kappa shape index (κ2) is 17.7. The van der Waals surface area contributed by atoms with Gasteiger partial charge in [-0.25, -0.2) is 0 Å². The van der Waals surface area contributed by atoms with Gasteiger partial charge in [0.2, 0.25) is 0 Å². The minimum Gasteiger partial charge on any atom is -0.481 e. The lowest BCUT2D eigenvalue weighted by Gasteiger charge is -1.94. The van der Waals surface area contributed by atoms with Crippen LogP contribution in [0.2, 0.25) is 0 Å². The fourth-order valence-corrected chi connectivity index (χ4v) is 2.16. The van der Waals surface area contributed by atoms with E-state index in [9.17, 15) is 4.79 Å². The van der Waals surface area contributed by atoms with Gasteiger partial charge in [-0.05, 0) is 57.8 Å². The molecule has 0 rings (SSSR count). The van der Waals surface area contributed by atoms with Crippen LogP contribution in [0.4, 0.5) is 0 Å². The molecule has 2 nitrogen and oxygen atoms in total. The van der Waals surface area contributed by atoms with Crippen LogP contribution in [0.3, 0.4) is 0 Å². The number of unbranched alkanes of at least 4 members (excludes halogenated alkanes) is 8. The van der Waals surface area contributed by atoms with Gasteiger partial charge >= 0.3 is 5.97 Å². The van der Waals surface area contributed by atoms with Crippen molar-refractivity contribution in [2.24, 2.45) is 0 Å². The Morgan fingerprint density at radius 2 is 1.18 bits per heavy atom. The van der Waals surface area contributed by atoms with Crippen molar-refractivity contribution in [2.45, 2.75) is 84.0 Å². The Bertz CT molecular complexity index is 327. The van der Waals surface area contributed by atoms with Crippen LogP contribution in [0.5, 0.6) is 0 Å². The molecule has 0 bridgehead atoms. The predicted molar refractivity (Wildman–Crippen MR) is 96.1 cm³/mol. The van der Waals surface area contributed by atoms with Gasteiger partial charge < -0.3 is 5.11 Å². The minimum atomic E-state index is -0.695. The first-order valence-corrected chi connectivity index (χ1v) is 8.95. The Morgan fingerprint density at radius 1 is 0.727 bits per heavy atom. The molecular weight excluding hydrogens is 272 g/mol. The molecule has 0 unspecified atom stereocenters. The Kier molecular flexibility index (Phi) is 16.7. The Labute approximate surface area is 137 Å². The summed E-state index contributed by atoms with van der Waals surface area (Å²) in [5.41, 5.74) is 0. The molecule has 0 atom stereocenters. The third-order valence-electron chi connectivity index (χ3n) is 3.53. The van der Waals surface area contributed by atoms with Crippen molar-refractivity contribution >= 4 is 5.97 Å². The molecule has 0 saturated carbocycles. The van der Waals surface area contributed by atoms with E-state index in [2.05, 4.69) is 43.4 Å². The van der Waals surface area contributed by atoms with Gasteiger partial charge in [-0.15, -0.1) is 0 Å². The van der Waals surface area contributed by atoms with E-state index in [1.165, 1.54) is 44.9 Å². The molecule has 0 aliphatic heterocycles. The lowest BCUT2D eigenvalue weighted by Crippen LogP contribution is -1.92. The molecule has 0 fully saturated rings. The largest absolute Gasteiger partial charge is 0.481 e. The standard InChI is InChI=1S/C20H34O2/c1-2-3-4-5-6-7-8-9-10-11-12-13-14-15-16-17-18-19-20(21)22/h6-7,12-15H,2-5,8-11,16-19H2,1H3,(H,21,22)/b7-6+,13-12+,15-14+. The van der Waals surface area contributed by atoms with E-state index >= 15 is 0 Å². The second-order valence-corrected chi connectivity index (χ2v) is 5.75. The summed E-state index contributed by atoms with van der Waals surface area (Å²) in [5, 5.41) is 8.51. The maximum atomic E-state index is 10.3. The number of carboxylic acids is 1. The third kappa shape index (κ3) is 18.7. The average Bonchev–Trinajstić information content (AvgIpc) is 2.50. The van der Waals surface area contributed by atoms with Crippen molar-refractivity contribution in [3.8, 4) is 0 Å². The summed E-state index contributed by atoms with van der Waals surface area (Å²) in [5.74, 6) is -0.695. The number of hydrogen-bond donors (Lipinski definition) is 1. The zero-order valence-electron chi connectivity index (χ0n) is 14.3. The minimum absolute atomic E-state index is 0.288. The molecule has 2 heteroatoms. The summed E-state index contributed by atoms with van der Waals surface area (Å²) in [4.78, 5) is 10.3. The number of rotatable bonds is 15. The summed E-state index contributed by atoms with van der Waals surface area (Å²) in [6.07, 6.45) is 26.3. The van der Waals surface area contributed by atoms with E-state index in [0.29, 0.717) is 0 Å². The van der Waals surface area contributed by atoms with Crippen LogP contribution >= 0.6 is 0 Å². The van der Waals surface area contributed by atoms with Crippen molar-refractivity contribution < 1.29 is 9.90 Å². The molecule has 0 amide bonds. The molecule has 0 heterocycles. The van der Waals surface area contributed by atoms with Crippen LogP contribution in [0.15, 0.2) is 36.5 Å². The number of carbonyl (C=O) groups is 1. The van der Waals surface area contributed by atoms with E-state index in [0.717, 1.165) is 25.7 Å². The molecule has 0 radical (unpaired) electrons. The Hall–Kier alpha value is -1.31. The lowest BCUT2D eigenvalue weighted by atomic mass is 10.1. The van der Waals surface area contributed by atoms with Crippen LogP contribution in [0, 0.1) is 0 Å². The maximum absolute atomic E-state index is 10.3. The van der Waals surface area contributed by atoms with Gasteiger partial charge in [0.25, 0.3) is 0 Å². The van der Waals surface area contributed by atoms with E-state index in [1.807, 2.05) is 0 Å². The van der Waals surface area contributed by atoms with Crippen molar-refractivity contribution in [2.75, 3.05) is 0 Å². The summed E-state index contributed by atoms with van der Waals surface area (Å²) >= 11 is 0. The summed E-state index contributed by atoms with van der Waals surface area (Å²) in [6, 6.07) is 0. The highest BCUT2D eigenvalue weighted by Crippen LogP contribution is 2.05. The molecule has 22 heavy (non-hydrogen) atoms. The number of carboxylic acid groups (broad SMARTS) is 1. The maximum Gasteiger partial charge on any atom is 0.303 e. The zero-order valence-corrected chi connectivity index (χ0v) is 14.3. The fraction of sp³-hybridized carbons (Fsp3) is 0.650. The highest BCUT2D eigenvalue weighted by atomic mass is 16.4. The first-order chi connectivity index (χ1) is 10.8. The summed E-state index contributed by atoms with van der Waals surface area (Å²) < 4.78 is 0. The molecular formula is C20H34O2. The molecule has 1 N–H and O–H groups in total. The van der Waals surface area contributed by atoms with Gasteiger partial charge in [-0.1, -0.05) is 56.2 Å². The summed E-state index contributed by atoms with van der Waals surface area (Å²) in [6.45, 7) is 2.24. The van der Waals surface area contributed by atoms with Crippen LogP contribution in [-0.4, -0.2) is 11.1 Å². The Morgan fingerprint density at radius 3 is 1.68 bits per heavy atom. The Balaban J connectivity index is 3.28. The second-order valence-electron chi connectivity index (χ2n) is 5.75. The number of allylic oxidation sites excluding steroid dienone is 6. The van der Waals surface area contributed by atoms with Crippen molar-refractivity contribution in [3.63, 3.8) is 0 Å². The zero-order chi connectivity index (χ0) is 16.3. The SMILES string of the molecule is CCCCC/C=C/CCCC/C=C/C=C/CCCCC(=O)O. The van der Waals surface area contributed by atoms with E-state index in [-0.39, 0.29) is 6.42 Å². The molecule has 0 aliphatic rings. The van der Waals surface area contributed by atoms with Gasteiger partial charge in [0, 0.05) is 6.42 Å². The topological polar surface area (TPSA) is 37.3 Å². The predicted octanol–water partition coefficient (Wildman–Crippen LogP) is 6.44. The van der Waals surface area contributed by atoms with Gasteiger partial charge in [0.05, 0.1) is 0 Å². The van der Waals surface area contributed by atoms with Crippen LogP contribution in [0.25, 0.3) is 0 Å². The smallest absolute Gasteiger partial charge is 0.303 e. The normalized spacial score (nSPS) is 12.0. The number of aliphatic carboxylic acids is 1. The molecule has 0 saturated heterocycles. The van der Waals surface area contributed by atoms with E-state index < -0.39 is 5.97 Å². The summed E-state index contributed by atoms with van der Waals surface area (Å²) in [7, 11) is 0. The van der Waals surface area contributed by atoms with Gasteiger partial charge in [-0.2, -0.15) is 0 Å². The lowest BCUT2D eigenvalue weighted by molar-refractivity contribution is -0.137. The highest BCUT2D eigenvalue weighted by Gasteiger charge is 1.93. The van der Waals surface area contributed by atoms with Crippen molar-refractivity contribution in [1.29, 1.82) is 0 Å². The van der Waals surface area contributed by atoms with E-state index in [1.54, 1.807) is 0 Å². The van der Waals surface area contributed by atoms with Crippen LogP contribution in [-0.2, 0) is 4.79 Å². The average molecular weight is 306 g/mol. The number of hydrogen-bond acceptors (Lipinski definition) is 1. The fourth-order valence-electron chi connectivity index (χ4n) is 2.16. The van der Waals surface area contributed by atoms with Crippen molar-refractivity contribution in [1.82, 2.24) is 0 Å². The molecule has 126 valence electrons. The van der Waals surface area contributed by atoms with Crippen LogP contribution < -0.4 is 0 Å². The third-order valence-corrected chi connectivity index (χ3v) is 3.53. The van der Waals surface area contributed by atoms with E-state index in [4.69, 9.17) is 5.11 Å². The quantitative estimate of drug-likeness (QED) is 0.215.